The Kier molecular flexibility index (Phi) is 7.39. The first kappa shape index (κ1) is 14.4. The van der Waals surface area contributed by atoms with Gasteiger partial charge in [0.05, 0.1) is 12.1 Å². The van der Waals surface area contributed by atoms with Gasteiger partial charge in [-0.05, 0) is 20.3 Å². The lowest BCUT2D eigenvalue weighted by molar-refractivity contribution is -0.123. The summed E-state index contributed by atoms with van der Waals surface area (Å²) in [4.78, 5) is 11.4. The van der Waals surface area contributed by atoms with E-state index >= 15 is 0 Å². The molecule has 0 aromatic carbocycles. The fraction of sp³-hybridized carbons (Fsp3) is 0.917. The Labute approximate surface area is 93.3 Å². The van der Waals surface area contributed by atoms with Crippen LogP contribution in [0.2, 0.25) is 0 Å². The average molecular weight is 215 g/mol. The van der Waals surface area contributed by atoms with E-state index in [1.54, 1.807) is 0 Å². The van der Waals surface area contributed by atoms with Crippen molar-refractivity contribution < 1.29 is 9.90 Å². The number of unbranched alkanes of at least 4 members (excludes halogenated alkanes) is 4. The maximum atomic E-state index is 11.4. The predicted molar refractivity (Wildman–Crippen MR) is 62.7 cm³/mol. The number of carbonyl (C=O) groups is 1. The van der Waals surface area contributed by atoms with Gasteiger partial charge in [0.15, 0.2) is 0 Å². The lowest BCUT2D eigenvalue weighted by Gasteiger charge is -2.23. The van der Waals surface area contributed by atoms with Crippen LogP contribution in [0.4, 0.5) is 0 Å². The van der Waals surface area contributed by atoms with Crippen LogP contribution in [0.3, 0.4) is 0 Å². The zero-order chi connectivity index (χ0) is 11.7. The molecule has 3 heteroatoms. The number of aliphatic hydroxyl groups excluding tert-OH is 1. The SMILES string of the molecule is CCCCCCCC(=O)NC(C)(C)CO. The van der Waals surface area contributed by atoms with Crippen molar-refractivity contribution in [1.29, 1.82) is 0 Å². The fourth-order valence-corrected chi connectivity index (χ4v) is 1.37. The second-order valence-electron chi connectivity index (χ2n) is 4.75. The first-order chi connectivity index (χ1) is 7.02. The van der Waals surface area contributed by atoms with E-state index in [0.717, 1.165) is 12.8 Å². The maximum absolute atomic E-state index is 11.4. The third-order valence-electron chi connectivity index (χ3n) is 2.38. The van der Waals surface area contributed by atoms with E-state index in [-0.39, 0.29) is 12.5 Å². The number of aliphatic hydroxyl groups is 1. The van der Waals surface area contributed by atoms with Crippen LogP contribution in [0.5, 0.6) is 0 Å². The Morgan fingerprint density at radius 1 is 1.20 bits per heavy atom. The third kappa shape index (κ3) is 8.43. The molecule has 0 aliphatic rings. The molecule has 0 heterocycles. The Morgan fingerprint density at radius 2 is 1.80 bits per heavy atom. The van der Waals surface area contributed by atoms with Gasteiger partial charge in [0, 0.05) is 6.42 Å². The standard InChI is InChI=1S/C12H25NO2/c1-4-5-6-7-8-9-11(15)13-12(2,3)10-14/h14H,4-10H2,1-3H3,(H,13,15). The van der Waals surface area contributed by atoms with Crippen LogP contribution in [0, 0.1) is 0 Å². The summed E-state index contributed by atoms with van der Waals surface area (Å²) in [6.45, 7) is 5.80. The van der Waals surface area contributed by atoms with Crippen LogP contribution in [0.25, 0.3) is 0 Å². The van der Waals surface area contributed by atoms with E-state index in [9.17, 15) is 4.79 Å². The van der Waals surface area contributed by atoms with Gasteiger partial charge >= 0.3 is 0 Å². The molecule has 15 heavy (non-hydrogen) atoms. The van der Waals surface area contributed by atoms with E-state index in [2.05, 4.69) is 12.2 Å². The minimum atomic E-state index is -0.486. The molecule has 0 atom stereocenters. The summed E-state index contributed by atoms with van der Waals surface area (Å²) in [5, 5.41) is 11.8. The topological polar surface area (TPSA) is 49.3 Å². The van der Waals surface area contributed by atoms with E-state index < -0.39 is 5.54 Å². The second kappa shape index (κ2) is 7.69. The molecule has 0 aliphatic heterocycles. The van der Waals surface area contributed by atoms with Gasteiger partial charge in [-0.15, -0.1) is 0 Å². The molecule has 0 unspecified atom stereocenters. The van der Waals surface area contributed by atoms with E-state index in [0.29, 0.717) is 6.42 Å². The van der Waals surface area contributed by atoms with Gasteiger partial charge in [-0.2, -0.15) is 0 Å². The summed E-state index contributed by atoms with van der Waals surface area (Å²) < 4.78 is 0. The molecule has 0 aromatic rings. The van der Waals surface area contributed by atoms with Crippen molar-refractivity contribution in [3.8, 4) is 0 Å². The van der Waals surface area contributed by atoms with Gasteiger partial charge in [-0.25, -0.2) is 0 Å². The third-order valence-corrected chi connectivity index (χ3v) is 2.38. The molecular formula is C12H25NO2. The molecule has 3 nitrogen and oxygen atoms in total. The molecule has 0 spiro atoms. The van der Waals surface area contributed by atoms with Crippen molar-refractivity contribution in [3.63, 3.8) is 0 Å². The molecule has 1 amide bonds. The zero-order valence-electron chi connectivity index (χ0n) is 10.3. The predicted octanol–water partition coefficient (Wildman–Crippen LogP) is 2.23. The van der Waals surface area contributed by atoms with Crippen molar-refractivity contribution in [2.75, 3.05) is 6.61 Å². The normalized spacial score (nSPS) is 11.5. The van der Waals surface area contributed by atoms with Crippen molar-refractivity contribution in [2.45, 2.75) is 64.8 Å². The highest BCUT2D eigenvalue weighted by Gasteiger charge is 2.18. The van der Waals surface area contributed by atoms with Gasteiger partial charge in [0.1, 0.15) is 0 Å². The molecule has 90 valence electrons. The lowest BCUT2D eigenvalue weighted by atomic mass is 10.1. The van der Waals surface area contributed by atoms with Crippen molar-refractivity contribution >= 4 is 5.91 Å². The van der Waals surface area contributed by atoms with Crippen molar-refractivity contribution in [3.05, 3.63) is 0 Å². The van der Waals surface area contributed by atoms with E-state index in [1.165, 1.54) is 19.3 Å². The quantitative estimate of drug-likeness (QED) is 0.610. The Bertz CT molecular complexity index is 178. The largest absolute Gasteiger partial charge is 0.394 e. The molecule has 0 fully saturated rings. The highest BCUT2D eigenvalue weighted by atomic mass is 16.3. The summed E-state index contributed by atoms with van der Waals surface area (Å²) in [5.41, 5.74) is -0.486. The number of carbonyl (C=O) groups excluding carboxylic acids is 1. The van der Waals surface area contributed by atoms with Crippen LogP contribution in [0.1, 0.15) is 59.3 Å². The molecule has 0 radical (unpaired) electrons. The van der Waals surface area contributed by atoms with Crippen LogP contribution >= 0.6 is 0 Å². The first-order valence-corrected chi connectivity index (χ1v) is 5.93. The van der Waals surface area contributed by atoms with Crippen LogP contribution in [0.15, 0.2) is 0 Å². The maximum Gasteiger partial charge on any atom is 0.220 e. The molecule has 0 bridgehead atoms. The van der Waals surface area contributed by atoms with E-state index in [1.807, 2.05) is 13.8 Å². The Morgan fingerprint density at radius 3 is 2.33 bits per heavy atom. The molecule has 0 rings (SSSR count). The van der Waals surface area contributed by atoms with Crippen LogP contribution < -0.4 is 5.32 Å². The molecule has 0 saturated carbocycles. The summed E-state index contributed by atoms with van der Waals surface area (Å²) in [6, 6.07) is 0. The van der Waals surface area contributed by atoms with Crippen LogP contribution in [-0.4, -0.2) is 23.2 Å². The number of nitrogens with one attached hydrogen (secondary N) is 1. The van der Waals surface area contributed by atoms with E-state index in [4.69, 9.17) is 5.11 Å². The van der Waals surface area contributed by atoms with Gasteiger partial charge < -0.3 is 10.4 Å². The van der Waals surface area contributed by atoms with Crippen LogP contribution in [-0.2, 0) is 4.79 Å². The fourth-order valence-electron chi connectivity index (χ4n) is 1.37. The highest BCUT2D eigenvalue weighted by molar-refractivity contribution is 5.76. The Hall–Kier alpha value is -0.570. The molecular weight excluding hydrogens is 190 g/mol. The van der Waals surface area contributed by atoms with Gasteiger partial charge in [-0.3, -0.25) is 4.79 Å². The van der Waals surface area contributed by atoms with Crippen molar-refractivity contribution in [2.24, 2.45) is 0 Å². The number of hydrogen-bond donors (Lipinski definition) is 2. The minimum Gasteiger partial charge on any atom is -0.394 e. The zero-order valence-corrected chi connectivity index (χ0v) is 10.3. The first-order valence-electron chi connectivity index (χ1n) is 5.93. The van der Waals surface area contributed by atoms with Gasteiger partial charge in [-0.1, -0.05) is 32.6 Å². The highest BCUT2D eigenvalue weighted by Crippen LogP contribution is 2.06. The Balaban J connectivity index is 3.49. The average Bonchev–Trinajstić information content (AvgIpc) is 2.17. The summed E-state index contributed by atoms with van der Waals surface area (Å²) in [5.74, 6) is 0.0468. The smallest absolute Gasteiger partial charge is 0.220 e. The van der Waals surface area contributed by atoms with Gasteiger partial charge in [0.25, 0.3) is 0 Å². The lowest BCUT2D eigenvalue weighted by Crippen LogP contribution is -2.46. The molecule has 0 aromatic heterocycles. The second-order valence-corrected chi connectivity index (χ2v) is 4.75. The number of amides is 1. The molecule has 0 saturated heterocycles. The number of hydrogen-bond acceptors (Lipinski definition) is 2. The molecule has 2 N–H and O–H groups in total. The molecule has 0 aliphatic carbocycles. The monoisotopic (exact) mass is 215 g/mol. The summed E-state index contributed by atoms with van der Waals surface area (Å²) in [7, 11) is 0. The van der Waals surface area contributed by atoms with Crippen molar-refractivity contribution in [1.82, 2.24) is 5.32 Å². The summed E-state index contributed by atoms with van der Waals surface area (Å²) in [6.07, 6.45) is 6.35. The minimum absolute atomic E-state index is 0.0193. The van der Waals surface area contributed by atoms with Gasteiger partial charge in [0.2, 0.25) is 5.91 Å². The summed E-state index contributed by atoms with van der Waals surface area (Å²) >= 11 is 0. The number of rotatable bonds is 8.